The molecule has 0 fully saturated rings. The molecule has 1 aromatic heterocycles. The van der Waals surface area contributed by atoms with Crippen molar-refractivity contribution in [1.29, 1.82) is 0 Å². The molecule has 1 amide bonds. The van der Waals surface area contributed by atoms with Crippen molar-refractivity contribution in [2.45, 2.75) is 33.2 Å². The third-order valence-electron chi connectivity index (χ3n) is 3.76. The minimum Gasteiger partial charge on any atom is -0.347 e. The number of pyridine rings is 1. The summed E-state index contributed by atoms with van der Waals surface area (Å²) < 4.78 is 0. The van der Waals surface area contributed by atoms with Gasteiger partial charge in [-0.1, -0.05) is 42.0 Å². The maximum atomic E-state index is 12.8. The molecular weight excluding hydrogens is 296 g/mol. The molecule has 0 aliphatic heterocycles. The molecule has 0 radical (unpaired) electrons. The van der Waals surface area contributed by atoms with Gasteiger partial charge in [-0.05, 0) is 45.9 Å². The molecule has 3 heteroatoms. The van der Waals surface area contributed by atoms with Gasteiger partial charge in [0.1, 0.15) is 0 Å². The van der Waals surface area contributed by atoms with E-state index < -0.39 is 0 Å². The molecule has 2 aromatic carbocycles. The molecule has 0 aliphatic carbocycles. The van der Waals surface area contributed by atoms with E-state index in [1.807, 2.05) is 63.2 Å². The molecule has 3 rings (SSSR count). The molecule has 0 aliphatic rings. The first-order valence-corrected chi connectivity index (χ1v) is 8.13. The number of benzene rings is 2. The van der Waals surface area contributed by atoms with Crippen molar-refractivity contribution in [3.63, 3.8) is 0 Å². The predicted octanol–water partition coefficient (Wildman–Crippen LogP) is 4.74. The second-order valence-corrected chi connectivity index (χ2v) is 7.15. The van der Waals surface area contributed by atoms with Gasteiger partial charge < -0.3 is 5.32 Å². The van der Waals surface area contributed by atoms with Gasteiger partial charge in [0, 0.05) is 16.5 Å². The summed E-state index contributed by atoms with van der Waals surface area (Å²) in [5, 5.41) is 3.92. The first-order chi connectivity index (χ1) is 11.3. The third-order valence-corrected chi connectivity index (χ3v) is 3.76. The summed E-state index contributed by atoms with van der Waals surface area (Å²) in [4.78, 5) is 17.5. The summed E-state index contributed by atoms with van der Waals surface area (Å²) in [7, 11) is 0. The highest BCUT2D eigenvalue weighted by atomic mass is 16.1. The average Bonchev–Trinajstić information content (AvgIpc) is 2.52. The number of hydrogen-bond acceptors (Lipinski definition) is 2. The third kappa shape index (κ3) is 3.46. The summed E-state index contributed by atoms with van der Waals surface area (Å²) in [6, 6.07) is 17.8. The zero-order chi connectivity index (χ0) is 17.3. The molecule has 1 heterocycles. The minimum atomic E-state index is -0.287. The number of nitrogens with zero attached hydrogens (tertiary/aromatic N) is 1. The molecule has 0 spiro atoms. The van der Waals surface area contributed by atoms with Gasteiger partial charge in [0.05, 0.1) is 16.8 Å². The summed E-state index contributed by atoms with van der Waals surface area (Å²) in [6.45, 7) is 8.00. The molecule has 0 saturated carbocycles. The van der Waals surface area contributed by atoms with Crippen LogP contribution in [0.3, 0.4) is 0 Å². The van der Waals surface area contributed by atoms with Crippen LogP contribution in [0.15, 0.2) is 54.6 Å². The number of nitrogens with one attached hydrogen (secondary N) is 1. The van der Waals surface area contributed by atoms with Crippen molar-refractivity contribution in [3.05, 3.63) is 65.7 Å². The van der Waals surface area contributed by atoms with Crippen LogP contribution < -0.4 is 5.32 Å². The van der Waals surface area contributed by atoms with Crippen LogP contribution in [0.4, 0.5) is 0 Å². The summed E-state index contributed by atoms with van der Waals surface area (Å²) >= 11 is 0. The summed E-state index contributed by atoms with van der Waals surface area (Å²) in [5.41, 5.74) is 4.21. The summed E-state index contributed by atoms with van der Waals surface area (Å²) in [5.74, 6) is -0.0741. The zero-order valence-electron chi connectivity index (χ0n) is 14.6. The van der Waals surface area contributed by atoms with Crippen LogP contribution in [0.2, 0.25) is 0 Å². The standard InChI is InChI=1S/C21H22N2O/c1-14-8-7-9-15(12-14)19-13-17(20(24)23-21(2,3)4)16-10-5-6-11-18(16)22-19/h5-13H,1-4H3,(H,23,24). The second-order valence-electron chi connectivity index (χ2n) is 7.15. The van der Waals surface area contributed by atoms with E-state index in [-0.39, 0.29) is 11.4 Å². The lowest BCUT2D eigenvalue weighted by molar-refractivity contribution is 0.0921. The topological polar surface area (TPSA) is 42.0 Å². The maximum absolute atomic E-state index is 12.8. The van der Waals surface area contributed by atoms with E-state index in [1.54, 1.807) is 0 Å². The normalized spacial score (nSPS) is 11.5. The zero-order valence-corrected chi connectivity index (χ0v) is 14.6. The van der Waals surface area contributed by atoms with Gasteiger partial charge in [0.15, 0.2) is 0 Å². The van der Waals surface area contributed by atoms with Crippen molar-refractivity contribution >= 4 is 16.8 Å². The van der Waals surface area contributed by atoms with Crippen LogP contribution in [0.25, 0.3) is 22.2 Å². The van der Waals surface area contributed by atoms with E-state index in [1.165, 1.54) is 5.56 Å². The first-order valence-electron chi connectivity index (χ1n) is 8.13. The molecular formula is C21H22N2O. The smallest absolute Gasteiger partial charge is 0.252 e. The lowest BCUT2D eigenvalue weighted by Crippen LogP contribution is -2.40. The Morgan fingerprint density at radius 1 is 1.00 bits per heavy atom. The minimum absolute atomic E-state index is 0.0741. The Morgan fingerprint density at radius 3 is 2.46 bits per heavy atom. The van der Waals surface area contributed by atoms with Crippen molar-refractivity contribution in [2.24, 2.45) is 0 Å². The number of aromatic nitrogens is 1. The van der Waals surface area contributed by atoms with Gasteiger partial charge >= 0.3 is 0 Å². The van der Waals surface area contributed by atoms with Crippen LogP contribution >= 0.6 is 0 Å². The van der Waals surface area contributed by atoms with Crippen molar-refractivity contribution in [1.82, 2.24) is 10.3 Å². The number of carbonyl (C=O) groups excluding carboxylic acids is 1. The highest BCUT2D eigenvalue weighted by Crippen LogP contribution is 2.25. The molecule has 122 valence electrons. The quantitative estimate of drug-likeness (QED) is 0.741. The highest BCUT2D eigenvalue weighted by Gasteiger charge is 2.19. The van der Waals surface area contributed by atoms with Gasteiger partial charge in [-0.2, -0.15) is 0 Å². The van der Waals surface area contributed by atoms with Gasteiger partial charge in [-0.25, -0.2) is 4.98 Å². The van der Waals surface area contributed by atoms with Crippen LogP contribution in [0.5, 0.6) is 0 Å². The first kappa shape index (κ1) is 16.2. The number of fused-ring (bicyclic) bond motifs is 1. The van der Waals surface area contributed by atoms with Crippen LogP contribution in [0.1, 0.15) is 36.7 Å². The largest absolute Gasteiger partial charge is 0.347 e. The monoisotopic (exact) mass is 318 g/mol. The number of hydrogen-bond donors (Lipinski definition) is 1. The highest BCUT2D eigenvalue weighted by molar-refractivity contribution is 6.07. The van der Waals surface area contributed by atoms with Crippen LogP contribution in [-0.2, 0) is 0 Å². The van der Waals surface area contributed by atoms with Gasteiger partial charge in [-0.3, -0.25) is 4.79 Å². The Kier molecular flexibility index (Phi) is 4.10. The Labute approximate surface area is 142 Å². The average molecular weight is 318 g/mol. The SMILES string of the molecule is Cc1cccc(-c2cc(C(=O)NC(C)(C)C)c3ccccc3n2)c1. The van der Waals surface area contributed by atoms with E-state index in [4.69, 9.17) is 4.98 Å². The lowest BCUT2D eigenvalue weighted by Gasteiger charge is -2.21. The molecule has 0 atom stereocenters. The fourth-order valence-corrected chi connectivity index (χ4v) is 2.72. The molecule has 0 saturated heterocycles. The number of carbonyl (C=O) groups is 1. The number of amides is 1. The molecule has 0 bridgehead atoms. The van der Waals surface area contributed by atoms with E-state index >= 15 is 0 Å². The maximum Gasteiger partial charge on any atom is 0.252 e. The number of rotatable bonds is 2. The van der Waals surface area contributed by atoms with E-state index in [9.17, 15) is 4.79 Å². The van der Waals surface area contributed by atoms with Gasteiger partial charge in [-0.15, -0.1) is 0 Å². The Morgan fingerprint density at radius 2 is 1.75 bits per heavy atom. The molecule has 24 heavy (non-hydrogen) atoms. The number of para-hydroxylation sites is 1. The number of aryl methyl sites for hydroxylation is 1. The lowest BCUT2D eigenvalue weighted by atomic mass is 10.0. The molecule has 3 nitrogen and oxygen atoms in total. The molecule has 3 aromatic rings. The Hall–Kier alpha value is -2.68. The Balaban J connectivity index is 2.18. The molecule has 0 unspecified atom stereocenters. The van der Waals surface area contributed by atoms with Crippen LogP contribution in [0, 0.1) is 6.92 Å². The van der Waals surface area contributed by atoms with E-state index in [0.717, 1.165) is 22.2 Å². The van der Waals surface area contributed by atoms with E-state index in [2.05, 4.69) is 24.4 Å². The summed E-state index contributed by atoms with van der Waals surface area (Å²) in [6.07, 6.45) is 0. The van der Waals surface area contributed by atoms with Crippen molar-refractivity contribution < 1.29 is 4.79 Å². The van der Waals surface area contributed by atoms with E-state index in [0.29, 0.717) is 5.56 Å². The second kappa shape index (κ2) is 6.08. The van der Waals surface area contributed by atoms with Crippen molar-refractivity contribution in [3.8, 4) is 11.3 Å². The Bertz CT molecular complexity index is 907. The van der Waals surface area contributed by atoms with Crippen molar-refractivity contribution in [2.75, 3.05) is 0 Å². The predicted molar refractivity (Wildman–Crippen MR) is 99.1 cm³/mol. The van der Waals surface area contributed by atoms with Gasteiger partial charge in [0.25, 0.3) is 5.91 Å². The fraction of sp³-hybridized carbons (Fsp3) is 0.238. The molecule has 1 N–H and O–H groups in total. The van der Waals surface area contributed by atoms with Gasteiger partial charge in [0.2, 0.25) is 0 Å². The fourth-order valence-electron chi connectivity index (χ4n) is 2.72. The van der Waals surface area contributed by atoms with Crippen LogP contribution in [-0.4, -0.2) is 16.4 Å².